The molecule has 0 aliphatic carbocycles. The average molecular weight is 310 g/mol. The Morgan fingerprint density at radius 3 is 2.78 bits per heavy atom. The van der Waals surface area contributed by atoms with Crippen molar-refractivity contribution < 1.29 is 4.39 Å². The molecule has 0 radical (unpaired) electrons. The van der Waals surface area contributed by atoms with Crippen LogP contribution in [0.4, 0.5) is 4.39 Å². The Morgan fingerprint density at radius 1 is 1.33 bits per heavy atom. The molecule has 2 aromatic rings. The van der Waals surface area contributed by atoms with Crippen LogP contribution in [0.25, 0.3) is 0 Å². The zero-order valence-corrected chi connectivity index (χ0v) is 11.5. The normalized spacial score (nSPS) is 12.4. The monoisotopic (exact) mass is 309 g/mol. The maximum Gasteiger partial charge on any atom is 0.146 e. The molecule has 5 heteroatoms. The number of nitrogens with one attached hydrogen (secondary N) is 1. The number of pyridine rings is 2. The maximum atomic E-state index is 13.7. The molecular weight excluding hydrogens is 297 g/mol. The van der Waals surface area contributed by atoms with Gasteiger partial charge in [0.1, 0.15) is 5.82 Å². The molecule has 1 unspecified atom stereocenters. The molecule has 0 aliphatic rings. The Balaban J connectivity index is 2.20. The van der Waals surface area contributed by atoms with Gasteiger partial charge in [0, 0.05) is 40.6 Å². The maximum absolute atomic E-state index is 13.7. The van der Waals surface area contributed by atoms with Crippen LogP contribution in [0.15, 0.2) is 41.3 Å². The number of aromatic nitrogens is 2. The predicted octanol–water partition coefficient (Wildman–Crippen LogP) is 2.88. The second kappa shape index (κ2) is 6.02. The van der Waals surface area contributed by atoms with E-state index >= 15 is 0 Å². The lowest BCUT2D eigenvalue weighted by Crippen LogP contribution is -2.20. The average Bonchev–Trinajstić information content (AvgIpc) is 2.39. The summed E-state index contributed by atoms with van der Waals surface area (Å²) in [7, 11) is 1.81. The molecule has 0 saturated carbocycles. The molecule has 1 N–H and O–H groups in total. The van der Waals surface area contributed by atoms with Crippen LogP contribution in [-0.4, -0.2) is 17.0 Å². The smallest absolute Gasteiger partial charge is 0.146 e. The van der Waals surface area contributed by atoms with E-state index in [2.05, 4.69) is 31.2 Å². The molecule has 3 nitrogen and oxygen atoms in total. The van der Waals surface area contributed by atoms with Crippen molar-refractivity contribution in [3.8, 4) is 0 Å². The zero-order chi connectivity index (χ0) is 13.0. The zero-order valence-electron chi connectivity index (χ0n) is 9.90. The van der Waals surface area contributed by atoms with Gasteiger partial charge in [-0.05, 0) is 41.2 Å². The van der Waals surface area contributed by atoms with E-state index in [1.165, 1.54) is 6.20 Å². The van der Waals surface area contributed by atoms with E-state index in [0.29, 0.717) is 12.0 Å². The van der Waals surface area contributed by atoms with Crippen LogP contribution in [-0.2, 0) is 6.42 Å². The fraction of sp³-hybridized carbons (Fsp3) is 0.231. The Kier molecular flexibility index (Phi) is 4.38. The minimum Gasteiger partial charge on any atom is -0.313 e. The Hall–Kier alpha value is -1.33. The molecular formula is C13H13BrFN3. The van der Waals surface area contributed by atoms with E-state index in [4.69, 9.17) is 0 Å². The minimum atomic E-state index is -0.297. The van der Waals surface area contributed by atoms with Gasteiger partial charge < -0.3 is 5.32 Å². The van der Waals surface area contributed by atoms with Gasteiger partial charge >= 0.3 is 0 Å². The first-order chi connectivity index (χ1) is 8.70. The third-order valence-electron chi connectivity index (χ3n) is 2.73. The largest absolute Gasteiger partial charge is 0.313 e. The summed E-state index contributed by atoms with van der Waals surface area (Å²) in [4.78, 5) is 8.05. The van der Waals surface area contributed by atoms with Crippen LogP contribution in [0.1, 0.15) is 17.3 Å². The van der Waals surface area contributed by atoms with Crippen LogP contribution in [0.2, 0.25) is 0 Å². The van der Waals surface area contributed by atoms with Crippen LogP contribution in [0.3, 0.4) is 0 Å². The van der Waals surface area contributed by atoms with Gasteiger partial charge in [0.05, 0.1) is 6.20 Å². The number of halogens is 2. The number of hydrogen-bond acceptors (Lipinski definition) is 3. The molecule has 1 atom stereocenters. The van der Waals surface area contributed by atoms with E-state index in [9.17, 15) is 4.39 Å². The minimum absolute atomic E-state index is 0.110. The van der Waals surface area contributed by atoms with Gasteiger partial charge in [-0.3, -0.25) is 9.97 Å². The highest BCUT2D eigenvalue weighted by molar-refractivity contribution is 9.10. The van der Waals surface area contributed by atoms with Gasteiger partial charge in [0.2, 0.25) is 0 Å². The molecule has 0 aromatic carbocycles. The molecule has 0 saturated heterocycles. The molecule has 0 bridgehead atoms. The summed E-state index contributed by atoms with van der Waals surface area (Å²) in [6.45, 7) is 0. The molecule has 94 valence electrons. The van der Waals surface area contributed by atoms with Crippen molar-refractivity contribution in [2.24, 2.45) is 0 Å². The summed E-state index contributed by atoms with van der Waals surface area (Å²) >= 11 is 3.34. The first-order valence-electron chi connectivity index (χ1n) is 5.58. The van der Waals surface area contributed by atoms with E-state index in [1.807, 2.05) is 19.2 Å². The van der Waals surface area contributed by atoms with Gasteiger partial charge in [-0.25, -0.2) is 4.39 Å². The molecule has 0 spiro atoms. The number of rotatable bonds is 4. The first-order valence-corrected chi connectivity index (χ1v) is 6.37. The number of likely N-dealkylation sites (N-methyl/N-ethyl adjacent to an activating group) is 1. The standard InChI is InChI=1S/C13H13BrFN3/c1-16-13(11-4-5-17-8-12(11)15)6-10-3-2-9(14)7-18-10/h2-5,7-8,13,16H,6H2,1H3. The van der Waals surface area contributed by atoms with Crippen molar-refractivity contribution in [3.05, 3.63) is 58.3 Å². The first kappa shape index (κ1) is 13.1. The molecule has 2 rings (SSSR count). The van der Waals surface area contributed by atoms with Crippen LogP contribution in [0.5, 0.6) is 0 Å². The van der Waals surface area contributed by atoms with E-state index in [0.717, 1.165) is 10.2 Å². The fourth-order valence-electron chi connectivity index (χ4n) is 1.77. The SMILES string of the molecule is CNC(Cc1ccc(Br)cn1)c1ccncc1F. The van der Waals surface area contributed by atoms with E-state index in [1.54, 1.807) is 18.5 Å². The van der Waals surface area contributed by atoms with Gasteiger partial charge in [-0.2, -0.15) is 0 Å². The summed E-state index contributed by atoms with van der Waals surface area (Å²) in [5.41, 5.74) is 1.52. The number of hydrogen-bond donors (Lipinski definition) is 1. The second-order valence-electron chi connectivity index (χ2n) is 3.91. The lowest BCUT2D eigenvalue weighted by Gasteiger charge is -2.16. The van der Waals surface area contributed by atoms with Gasteiger partial charge in [-0.15, -0.1) is 0 Å². The summed E-state index contributed by atoms with van der Waals surface area (Å²) in [5, 5.41) is 3.10. The van der Waals surface area contributed by atoms with Crippen molar-refractivity contribution in [1.29, 1.82) is 0 Å². The number of nitrogens with zero attached hydrogens (tertiary/aromatic N) is 2. The quantitative estimate of drug-likeness (QED) is 0.943. The second-order valence-corrected chi connectivity index (χ2v) is 4.83. The Morgan fingerprint density at radius 2 is 2.17 bits per heavy atom. The molecule has 18 heavy (non-hydrogen) atoms. The molecule has 0 amide bonds. The molecule has 0 aliphatic heterocycles. The summed E-state index contributed by atoms with van der Waals surface area (Å²) in [6.07, 6.45) is 5.20. The van der Waals surface area contributed by atoms with Crippen molar-refractivity contribution in [2.75, 3.05) is 7.05 Å². The van der Waals surface area contributed by atoms with Crippen LogP contribution in [0, 0.1) is 5.82 Å². The highest BCUT2D eigenvalue weighted by atomic mass is 79.9. The molecule has 0 fully saturated rings. The Labute approximate surface area is 114 Å². The molecule has 2 heterocycles. The third kappa shape index (κ3) is 3.11. The van der Waals surface area contributed by atoms with Crippen molar-refractivity contribution in [2.45, 2.75) is 12.5 Å². The Bertz CT molecular complexity index is 516. The van der Waals surface area contributed by atoms with Crippen molar-refractivity contribution >= 4 is 15.9 Å². The topological polar surface area (TPSA) is 37.8 Å². The summed E-state index contributed by atoms with van der Waals surface area (Å²) < 4.78 is 14.6. The fourth-order valence-corrected chi connectivity index (χ4v) is 2.01. The van der Waals surface area contributed by atoms with Gasteiger partial charge in [0.15, 0.2) is 0 Å². The van der Waals surface area contributed by atoms with Gasteiger partial charge in [0.25, 0.3) is 0 Å². The van der Waals surface area contributed by atoms with Crippen molar-refractivity contribution in [3.63, 3.8) is 0 Å². The van der Waals surface area contributed by atoms with Gasteiger partial charge in [-0.1, -0.05) is 0 Å². The predicted molar refractivity (Wildman–Crippen MR) is 71.6 cm³/mol. The van der Waals surface area contributed by atoms with E-state index < -0.39 is 0 Å². The van der Waals surface area contributed by atoms with Crippen LogP contribution >= 0.6 is 15.9 Å². The summed E-state index contributed by atoms with van der Waals surface area (Å²) in [5.74, 6) is -0.297. The van der Waals surface area contributed by atoms with E-state index in [-0.39, 0.29) is 11.9 Å². The summed E-state index contributed by atoms with van der Waals surface area (Å²) in [6, 6.07) is 5.43. The molecule has 2 aromatic heterocycles. The highest BCUT2D eigenvalue weighted by Crippen LogP contribution is 2.20. The lowest BCUT2D eigenvalue weighted by molar-refractivity contribution is 0.527. The van der Waals surface area contributed by atoms with Crippen molar-refractivity contribution in [1.82, 2.24) is 15.3 Å². The third-order valence-corrected chi connectivity index (χ3v) is 3.20. The van der Waals surface area contributed by atoms with Crippen LogP contribution < -0.4 is 5.32 Å². The highest BCUT2D eigenvalue weighted by Gasteiger charge is 2.14. The lowest BCUT2D eigenvalue weighted by atomic mass is 10.0.